The molecule has 140 valence electrons. The number of carboxylic acids is 1. The molecule has 0 saturated heterocycles. The lowest BCUT2D eigenvalue weighted by atomic mass is 10.1. The largest absolute Gasteiger partial charge is 0.490 e. The van der Waals surface area contributed by atoms with E-state index in [4.69, 9.17) is 20.9 Å². The van der Waals surface area contributed by atoms with E-state index in [2.05, 4.69) is 20.9 Å². The van der Waals surface area contributed by atoms with Crippen molar-refractivity contribution in [2.75, 3.05) is 20.1 Å². The number of likely N-dealkylation sites (N-methyl/N-ethyl adjacent to an activating group) is 1. The summed E-state index contributed by atoms with van der Waals surface area (Å²) in [7, 11) is 2.02. The molecule has 0 aliphatic heterocycles. The van der Waals surface area contributed by atoms with Crippen LogP contribution >= 0.6 is 0 Å². The minimum absolute atomic E-state index is 0.636. The Labute approximate surface area is 147 Å². The van der Waals surface area contributed by atoms with Crippen LogP contribution in [-0.4, -0.2) is 52.3 Å². The highest BCUT2D eigenvalue weighted by molar-refractivity contribution is 5.73. The molecule has 0 amide bonds. The number of nitrogens with two attached hydrogens (primary N) is 1. The fourth-order valence-corrected chi connectivity index (χ4v) is 1.96. The number of nitrogens with zero attached hydrogens (tertiary/aromatic N) is 3. The summed E-state index contributed by atoms with van der Waals surface area (Å²) in [6, 6.07) is 9.55. The van der Waals surface area contributed by atoms with E-state index in [1.807, 2.05) is 19.2 Å². The molecular formula is C16H18F3N5O2. The quantitative estimate of drug-likeness (QED) is 0.741. The molecule has 0 atom stereocenters. The second-order valence-corrected chi connectivity index (χ2v) is 5.25. The number of benzene rings is 1. The van der Waals surface area contributed by atoms with Gasteiger partial charge in [-0.25, -0.2) is 9.78 Å². The number of nitrogens with one attached hydrogen (secondary N) is 1. The van der Waals surface area contributed by atoms with Crippen LogP contribution in [0.3, 0.4) is 0 Å². The molecule has 0 radical (unpaired) electrons. The van der Waals surface area contributed by atoms with Gasteiger partial charge in [-0.1, -0.05) is 12.1 Å². The molecule has 2 rings (SSSR count). The SMILES string of the molecule is CN(CCN)Cc1[nH]cnc1-c1ccc(C#N)cc1.O=C(O)C(F)(F)F. The molecule has 0 saturated carbocycles. The van der Waals surface area contributed by atoms with Crippen molar-refractivity contribution in [3.05, 3.63) is 41.9 Å². The highest BCUT2D eigenvalue weighted by Gasteiger charge is 2.38. The number of halogens is 3. The monoisotopic (exact) mass is 369 g/mol. The second-order valence-electron chi connectivity index (χ2n) is 5.25. The molecule has 1 aromatic heterocycles. The van der Waals surface area contributed by atoms with E-state index in [0.717, 1.165) is 30.0 Å². The van der Waals surface area contributed by atoms with Crippen LogP contribution in [-0.2, 0) is 11.3 Å². The molecule has 0 aliphatic carbocycles. The molecular weight excluding hydrogens is 351 g/mol. The second kappa shape index (κ2) is 9.55. The van der Waals surface area contributed by atoms with Crippen LogP contribution in [0.25, 0.3) is 11.3 Å². The standard InChI is InChI=1S/C14H17N5.C2HF3O2/c1-19(7-6-15)9-13-14(18-10-17-13)12-4-2-11(8-16)3-5-12;3-2(4,5)1(6)7/h2-5,10H,6-7,9,15H2,1H3,(H,17,18);(H,6,7). The first-order chi connectivity index (χ1) is 12.2. The molecule has 1 aromatic carbocycles. The third-order valence-corrected chi connectivity index (χ3v) is 3.19. The van der Waals surface area contributed by atoms with Gasteiger partial charge in [0.2, 0.25) is 0 Å². The fourth-order valence-electron chi connectivity index (χ4n) is 1.96. The summed E-state index contributed by atoms with van der Waals surface area (Å²) in [5.41, 5.74) is 9.19. The van der Waals surface area contributed by atoms with Crippen molar-refractivity contribution in [3.8, 4) is 17.3 Å². The van der Waals surface area contributed by atoms with Crippen molar-refractivity contribution in [2.24, 2.45) is 5.73 Å². The molecule has 0 aliphatic rings. The van der Waals surface area contributed by atoms with E-state index in [9.17, 15) is 13.2 Å². The molecule has 0 unspecified atom stereocenters. The highest BCUT2D eigenvalue weighted by atomic mass is 19.4. The predicted molar refractivity (Wildman–Crippen MR) is 87.8 cm³/mol. The number of aromatic amines is 1. The number of aliphatic carboxylic acids is 1. The number of H-pyrrole nitrogens is 1. The smallest absolute Gasteiger partial charge is 0.475 e. The first-order valence-electron chi connectivity index (χ1n) is 7.40. The van der Waals surface area contributed by atoms with E-state index in [0.29, 0.717) is 12.1 Å². The Morgan fingerprint density at radius 2 is 1.96 bits per heavy atom. The van der Waals surface area contributed by atoms with E-state index in [1.54, 1.807) is 18.5 Å². The molecule has 7 nitrogen and oxygen atoms in total. The zero-order valence-corrected chi connectivity index (χ0v) is 13.9. The number of alkyl halides is 3. The molecule has 1 heterocycles. The molecule has 2 aromatic rings. The number of hydrogen-bond acceptors (Lipinski definition) is 5. The van der Waals surface area contributed by atoms with E-state index in [-0.39, 0.29) is 0 Å². The van der Waals surface area contributed by atoms with E-state index in [1.165, 1.54) is 0 Å². The van der Waals surface area contributed by atoms with Crippen LogP contribution < -0.4 is 5.73 Å². The van der Waals surface area contributed by atoms with Gasteiger partial charge >= 0.3 is 12.1 Å². The zero-order valence-electron chi connectivity index (χ0n) is 13.9. The normalized spacial score (nSPS) is 10.8. The minimum Gasteiger partial charge on any atom is -0.475 e. The van der Waals surface area contributed by atoms with Gasteiger partial charge in [0, 0.05) is 25.2 Å². The number of rotatable bonds is 5. The molecule has 0 spiro atoms. The summed E-state index contributed by atoms with van der Waals surface area (Å²) in [5.74, 6) is -2.76. The first kappa shape index (κ1) is 21.1. The number of aromatic nitrogens is 2. The summed E-state index contributed by atoms with van der Waals surface area (Å²) in [6.45, 7) is 2.25. The maximum Gasteiger partial charge on any atom is 0.490 e. The number of nitriles is 1. The third-order valence-electron chi connectivity index (χ3n) is 3.19. The first-order valence-corrected chi connectivity index (χ1v) is 7.40. The van der Waals surface area contributed by atoms with Crippen molar-refractivity contribution < 1.29 is 23.1 Å². The lowest BCUT2D eigenvalue weighted by Gasteiger charge is -2.15. The Balaban J connectivity index is 0.000000412. The maximum atomic E-state index is 10.6. The van der Waals surface area contributed by atoms with Crippen molar-refractivity contribution >= 4 is 5.97 Å². The Bertz CT molecular complexity index is 750. The summed E-state index contributed by atoms with van der Waals surface area (Å²) < 4.78 is 31.7. The molecule has 26 heavy (non-hydrogen) atoms. The van der Waals surface area contributed by atoms with Crippen LogP contribution in [0.2, 0.25) is 0 Å². The van der Waals surface area contributed by atoms with Gasteiger partial charge in [-0.3, -0.25) is 4.90 Å². The van der Waals surface area contributed by atoms with Gasteiger partial charge in [0.05, 0.1) is 29.3 Å². The van der Waals surface area contributed by atoms with Gasteiger partial charge in [0.1, 0.15) is 0 Å². The van der Waals surface area contributed by atoms with Crippen LogP contribution in [0.5, 0.6) is 0 Å². The van der Waals surface area contributed by atoms with Gasteiger partial charge in [-0.05, 0) is 19.2 Å². The van der Waals surface area contributed by atoms with Gasteiger partial charge in [0.15, 0.2) is 0 Å². The molecule has 0 fully saturated rings. The van der Waals surface area contributed by atoms with Gasteiger partial charge in [-0.2, -0.15) is 18.4 Å². The average Bonchev–Trinajstić information content (AvgIpc) is 3.03. The van der Waals surface area contributed by atoms with Crippen molar-refractivity contribution in [2.45, 2.75) is 12.7 Å². The van der Waals surface area contributed by atoms with Crippen molar-refractivity contribution in [3.63, 3.8) is 0 Å². The van der Waals surface area contributed by atoms with Gasteiger partial charge in [0.25, 0.3) is 0 Å². The Kier molecular flexibility index (Phi) is 7.77. The Hall–Kier alpha value is -2.90. The Morgan fingerprint density at radius 1 is 1.38 bits per heavy atom. The van der Waals surface area contributed by atoms with Crippen LogP contribution in [0, 0.1) is 11.3 Å². The summed E-state index contributed by atoms with van der Waals surface area (Å²) in [4.78, 5) is 18.6. The maximum absolute atomic E-state index is 10.6. The zero-order chi connectivity index (χ0) is 19.7. The van der Waals surface area contributed by atoms with Crippen LogP contribution in [0.1, 0.15) is 11.3 Å². The van der Waals surface area contributed by atoms with Crippen LogP contribution in [0.15, 0.2) is 30.6 Å². The van der Waals surface area contributed by atoms with Crippen molar-refractivity contribution in [1.82, 2.24) is 14.9 Å². The topological polar surface area (TPSA) is 119 Å². The molecule has 4 N–H and O–H groups in total. The van der Waals surface area contributed by atoms with E-state index >= 15 is 0 Å². The van der Waals surface area contributed by atoms with E-state index < -0.39 is 12.1 Å². The summed E-state index contributed by atoms with van der Waals surface area (Å²) in [6.07, 6.45) is -3.39. The van der Waals surface area contributed by atoms with Crippen molar-refractivity contribution in [1.29, 1.82) is 5.26 Å². The number of hydrogen-bond donors (Lipinski definition) is 3. The number of carbonyl (C=O) groups is 1. The molecule has 10 heteroatoms. The third kappa shape index (κ3) is 6.54. The van der Waals surface area contributed by atoms with Gasteiger partial charge in [-0.15, -0.1) is 0 Å². The average molecular weight is 369 g/mol. The summed E-state index contributed by atoms with van der Waals surface area (Å²) >= 11 is 0. The van der Waals surface area contributed by atoms with Crippen LogP contribution in [0.4, 0.5) is 13.2 Å². The fraction of sp³-hybridized carbons (Fsp3) is 0.312. The predicted octanol–water partition coefficient (Wildman–Crippen LogP) is 1.97. The number of imidazole rings is 1. The van der Waals surface area contributed by atoms with Gasteiger partial charge < -0.3 is 15.8 Å². The lowest BCUT2D eigenvalue weighted by molar-refractivity contribution is -0.192. The Morgan fingerprint density at radius 3 is 2.42 bits per heavy atom. The highest BCUT2D eigenvalue weighted by Crippen LogP contribution is 2.21. The number of carboxylic acid groups (broad SMARTS) is 1. The lowest BCUT2D eigenvalue weighted by Crippen LogP contribution is -2.25. The molecule has 0 bridgehead atoms. The summed E-state index contributed by atoms with van der Waals surface area (Å²) in [5, 5.41) is 15.9. The minimum atomic E-state index is -5.08.